The summed E-state index contributed by atoms with van der Waals surface area (Å²) in [5, 5.41) is 12.0. The van der Waals surface area contributed by atoms with Crippen molar-refractivity contribution in [2.45, 2.75) is 96.8 Å². The summed E-state index contributed by atoms with van der Waals surface area (Å²) < 4.78 is 30.6. The number of Topliss-reactive ketones (excluding diaryl/α,β-unsaturated/α-hetero) is 1. The number of ketones is 1. The number of benzene rings is 1. The minimum Gasteiger partial charge on any atom is -0.449 e. The van der Waals surface area contributed by atoms with E-state index in [0.717, 1.165) is 19.3 Å². The van der Waals surface area contributed by atoms with Gasteiger partial charge in [-0.1, -0.05) is 83.7 Å². The number of amides is 6. The molecule has 0 saturated heterocycles. The Balaban J connectivity index is 2.18. The molecule has 6 amide bonds. The van der Waals surface area contributed by atoms with Crippen LogP contribution in [0.1, 0.15) is 84.2 Å². The van der Waals surface area contributed by atoms with E-state index in [1.807, 2.05) is 13.8 Å². The summed E-state index contributed by atoms with van der Waals surface area (Å²) >= 11 is 0. The fraction of sp³-hybridized carbons (Fsp3) is 0.618. The third-order valence-electron chi connectivity index (χ3n) is 8.28. The Morgan fingerprint density at radius 1 is 0.863 bits per heavy atom. The number of hydrogen-bond donors (Lipinski definition) is 6. The summed E-state index contributed by atoms with van der Waals surface area (Å²) in [6.45, 7) is 6.17. The molecule has 51 heavy (non-hydrogen) atoms. The van der Waals surface area contributed by atoms with E-state index in [0.29, 0.717) is 24.8 Å². The molecule has 1 saturated carbocycles. The van der Waals surface area contributed by atoms with Gasteiger partial charge in [0, 0.05) is 5.75 Å². The first-order valence-corrected chi connectivity index (χ1v) is 19.1. The predicted octanol–water partition coefficient (Wildman–Crippen LogP) is 0.550. The van der Waals surface area contributed by atoms with Crippen molar-refractivity contribution < 1.29 is 46.7 Å². The van der Waals surface area contributed by atoms with Crippen molar-refractivity contribution in [1.29, 1.82) is 0 Å². The van der Waals surface area contributed by atoms with Crippen LogP contribution in [0.15, 0.2) is 30.3 Å². The molecule has 4 atom stereocenters. The van der Waals surface area contributed by atoms with Crippen LogP contribution < -0.4 is 32.3 Å². The standard InChI is InChI=1S/C34H52N6O10S/c1-5-13-24(29(42)33(46)36-18-26(41)39-27(30(35)43)22-14-9-7-10-15-22)37-31(44)25(20-51(48,49)6-2)38-32(45)28(23-16-11-8-12-17-23)40-34(47)50-19-21(3)4/h7,9-10,14-15,21,23-25,27-28H,5-6,8,11-13,16-20H2,1-4H3,(H2,35,43)(H,36,46)(H,37,44)(H,38,45)(H,39,41)(H,40,47)/t24?,25-,27-,28-/m0/s1. The molecule has 2 rings (SSSR count). The highest BCUT2D eigenvalue weighted by molar-refractivity contribution is 7.91. The van der Waals surface area contributed by atoms with Gasteiger partial charge in [0.15, 0.2) is 9.84 Å². The van der Waals surface area contributed by atoms with Crippen molar-refractivity contribution in [1.82, 2.24) is 26.6 Å². The lowest BCUT2D eigenvalue weighted by Crippen LogP contribution is -2.60. The van der Waals surface area contributed by atoms with E-state index in [4.69, 9.17) is 10.5 Å². The van der Waals surface area contributed by atoms with E-state index in [9.17, 15) is 42.0 Å². The Morgan fingerprint density at radius 2 is 1.49 bits per heavy atom. The van der Waals surface area contributed by atoms with Crippen LogP contribution in [-0.4, -0.2) is 92.6 Å². The number of hydrogen-bond acceptors (Lipinski definition) is 10. The Bertz CT molecular complexity index is 1480. The second-order valence-electron chi connectivity index (χ2n) is 13.0. The van der Waals surface area contributed by atoms with E-state index < -0.39 is 87.7 Å². The molecule has 1 aromatic rings. The lowest BCUT2D eigenvalue weighted by atomic mass is 9.83. The number of ether oxygens (including phenoxy) is 1. The molecule has 0 heterocycles. The van der Waals surface area contributed by atoms with Gasteiger partial charge in [-0.05, 0) is 36.7 Å². The number of rotatable bonds is 20. The number of primary amides is 1. The highest BCUT2D eigenvalue weighted by atomic mass is 32.2. The smallest absolute Gasteiger partial charge is 0.407 e. The van der Waals surface area contributed by atoms with Gasteiger partial charge in [0.2, 0.25) is 29.4 Å². The van der Waals surface area contributed by atoms with Crippen LogP contribution in [0.5, 0.6) is 0 Å². The van der Waals surface area contributed by atoms with Crippen LogP contribution in [0.2, 0.25) is 0 Å². The maximum Gasteiger partial charge on any atom is 0.407 e. The maximum atomic E-state index is 13.7. The molecule has 0 bridgehead atoms. The molecule has 1 unspecified atom stereocenters. The summed E-state index contributed by atoms with van der Waals surface area (Å²) in [4.78, 5) is 90.3. The first-order valence-electron chi connectivity index (χ1n) is 17.3. The Kier molecular flexibility index (Phi) is 17.5. The van der Waals surface area contributed by atoms with Gasteiger partial charge in [-0.25, -0.2) is 13.2 Å². The minimum atomic E-state index is -3.87. The summed E-state index contributed by atoms with van der Waals surface area (Å²) in [5.41, 5.74) is 5.82. The van der Waals surface area contributed by atoms with Gasteiger partial charge in [0.05, 0.1) is 24.9 Å². The topological polar surface area (TPSA) is 249 Å². The molecular formula is C34H52N6O10S. The molecule has 0 aromatic heterocycles. The predicted molar refractivity (Wildman–Crippen MR) is 187 cm³/mol. The Labute approximate surface area is 299 Å². The van der Waals surface area contributed by atoms with Gasteiger partial charge in [-0.15, -0.1) is 0 Å². The largest absolute Gasteiger partial charge is 0.449 e. The quantitative estimate of drug-likeness (QED) is 0.101. The summed E-state index contributed by atoms with van der Waals surface area (Å²) in [6.07, 6.45) is 3.27. The molecule has 1 fully saturated rings. The van der Waals surface area contributed by atoms with Gasteiger partial charge in [0.1, 0.15) is 18.1 Å². The van der Waals surface area contributed by atoms with Gasteiger partial charge in [-0.2, -0.15) is 0 Å². The molecule has 1 aromatic carbocycles. The van der Waals surface area contributed by atoms with Crippen molar-refractivity contribution in [3.63, 3.8) is 0 Å². The zero-order valence-corrected chi connectivity index (χ0v) is 30.5. The molecule has 0 radical (unpaired) electrons. The van der Waals surface area contributed by atoms with Crippen molar-refractivity contribution in [3.8, 4) is 0 Å². The number of nitrogens with two attached hydrogens (primary N) is 1. The Morgan fingerprint density at radius 3 is 2.06 bits per heavy atom. The third kappa shape index (κ3) is 14.7. The Hall–Kier alpha value is -4.54. The van der Waals surface area contributed by atoms with Crippen LogP contribution in [0.25, 0.3) is 0 Å². The average Bonchev–Trinajstić information content (AvgIpc) is 3.10. The van der Waals surface area contributed by atoms with Crippen LogP contribution in [0.3, 0.4) is 0 Å². The zero-order valence-electron chi connectivity index (χ0n) is 29.7. The molecule has 1 aliphatic rings. The van der Waals surface area contributed by atoms with E-state index in [-0.39, 0.29) is 30.6 Å². The van der Waals surface area contributed by atoms with Gasteiger partial charge in [-0.3, -0.25) is 28.8 Å². The zero-order chi connectivity index (χ0) is 38.1. The SMILES string of the molecule is CCCC(NC(=O)[C@H](CS(=O)(=O)CC)NC(=O)[C@@H](NC(=O)OCC(C)C)C1CCCCC1)C(=O)C(=O)NCC(=O)N[C@H](C(N)=O)c1ccccc1. The maximum absolute atomic E-state index is 13.7. The van der Waals surface area contributed by atoms with Gasteiger partial charge < -0.3 is 37.1 Å². The van der Waals surface area contributed by atoms with Crippen molar-refractivity contribution in [2.75, 3.05) is 24.7 Å². The molecule has 1 aliphatic carbocycles. The highest BCUT2D eigenvalue weighted by Crippen LogP contribution is 2.27. The first-order chi connectivity index (χ1) is 24.1. The van der Waals surface area contributed by atoms with Gasteiger partial charge in [0.25, 0.3) is 5.91 Å². The van der Waals surface area contributed by atoms with E-state index in [1.165, 1.54) is 6.92 Å². The number of carbonyl (C=O) groups is 7. The van der Waals surface area contributed by atoms with Gasteiger partial charge >= 0.3 is 6.09 Å². The minimum absolute atomic E-state index is 0.0307. The summed E-state index contributed by atoms with van der Waals surface area (Å²) in [6, 6.07) is 2.72. The lowest BCUT2D eigenvalue weighted by Gasteiger charge is -2.31. The lowest BCUT2D eigenvalue weighted by molar-refractivity contribution is -0.141. The van der Waals surface area contributed by atoms with Crippen molar-refractivity contribution in [2.24, 2.45) is 17.6 Å². The molecule has 16 nitrogen and oxygen atoms in total. The fourth-order valence-corrected chi connectivity index (χ4v) is 6.48. The van der Waals surface area contributed by atoms with Crippen molar-refractivity contribution in [3.05, 3.63) is 35.9 Å². The van der Waals surface area contributed by atoms with Crippen LogP contribution >= 0.6 is 0 Å². The molecular weight excluding hydrogens is 684 g/mol. The highest BCUT2D eigenvalue weighted by Gasteiger charge is 2.37. The van der Waals surface area contributed by atoms with E-state index in [1.54, 1.807) is 37.3 Å². The van der Waals surface area contributed by atoms with Crippen LogP contribution in [0.4, 0.5) is 4.79 Å². The summed E-state index contributed by atoms with van der Waals surface area (Å²) in [7, 11) is -3.87. The fourth-order valence-electron chi connectivity index (χ4n) is 5.50. The van der Waals surface area contributed by atoms with E-state index in [2.05, 4.69) is 26.6 Å². The summed E-state index contributed by atoms with van der Waals surface area (Å²) in [5.74, 6) is -7.23. The third-order valence-corrected chi connectivity index (χ3v) is 10.0. The molecule has 284 valence electrons. The molecule has 7 N–H and O–H groups in total. The average molecular weight is 737 g/mol. The number of nitrogens with one attached hydrogen (secondary N) is 5. The number of sulfone groups is 1. The normalized spacial score (nSPS) is 15.7. The van der Waals surface area contributed by atoms with E-state index >= 15 is 0 Å². The molecule has 0 spiro atoms. The number of alkyl carbamates (subject to hydrolysis) is 1. The monoisotopic (exact) mass is 736 g/mol. The second-order valence-corrected chi connectivity index (χ2v) is 15.4. The van der Waals surface area contributed by atoms with Crippen molar-refractivity contribution >= 4 is 51.2 Å². The second kappa shape index (κ2) is 21.0. The first kappa shape index (κ1) is 42.6. The molecule has 0 aliphatic heterocycles. The van der Waals surface area contributed by atoms with Crippen LogP contribution in [0, 0.1) is 11.8 Å². The number of carbonyl (C=O) groups excluding carboxylic acids is 7. The van der Waals surface area contributed by atoms with Crippen LogP contribution in [-0.2, 0) is 43.3 Å². The molecule has 17 heteroatoms.